The van der Waals surface area contributed by atoms with Crippen molar-refractivity contribution >= 4 is 5.91 Å². The molecule has 5 unspecified atom stereocenters. The highest BCUT2D eigenvalue weighted by Crippen LogP contribution is 2.49. The van der Waals surface area contributed by atoms with Crippen LogP contribution in [0, 0.1) is 29.4 Å². The van der Waals surface area contributed by atoms with Crippen LogP contribution < -0.4 is 10.1 Å². The zero-order valence-electron chi connectivity index (χ0n) is 13.5. The standard InChI is InChI=1S/C18H23F2NO2/c1-10(15-8-12-3-4-13(15)7-12)21-18(22)11(2)23-14-5-6-16(19)17(20)9-14/h5-6,9-13,15H,3-4,7-8H2,1-2H3,(H,21,22). The number of rotatable bonds is 5. The van der Waals surface area contributed by atoms with Crippen LogP contribution in [0.4, 0.5) is 8.78 Å². The van der Waals surface area contributed by atoms with Crippen molar-refractivity contribution < 1.29 is 18.3 Å². The Balaban J connectivity index is 1.53. The molecule has 3 nitrogen and oxygen atoms in total. The van der Waals surface area contributed by atoms with Crippen LogP contribution in [-0.4, -0.2) is 18.1 Å². The van der Waals surface area contributed by atoms with Crippen molar-refractivity contribution in [2.45, 2.75) is 51.7 Å². The molecule has 126 valence electrons. The number of carbonyl (C=O) groups is 1. The van der Waals surface area contributed by atoms with Gasteiger partial charge in [0.1, 0.15) is 5.75 Å². The zero-order chi connectivity index (χ0) is 16.6. The average molecular weight is 323 g/mol. The average Bonchev–Trinajstić information content (AvgIpc) is 3.13. The van der Waals surface area contributed by atoms with E-state index in [1.165, 1.54) is 31.7 Å². The Morgan fingerprint density at radius 2 is 2.00 bits per heavy atom. The first-order valence-electron chi connectivity index (χ1n) is 8.36. The molecule has 1 amide bonds. The lowest BCUT2D eigenvalue weighted by molar-refractivity contribution is -0.128. The molecular formula is C18H23F2NO2. The predicted octanol–water partition coefficient (Wildman–Crippen LogP) is 3.67. The van der Waals surface area contributed by atoms with E-state index in [2.05, 4.69) is 5.32 Å². The van der Waals surface area contributed by atoms with Gasteiger partial charge in [0.15, 0.2) is 17.7 Å². The van der Waals surface area contributed by atoms with Gasteiger partial charge in [-0.2, -0.15) is 0 Å². The number of halogens is 2. The van der Waals surface area contributed by atoms with Crippen LogP contribution in [0.5, 0.6) is 5.75 Å². The number of hydrogen-bond acceptors (Lipinski definition) is 2. The molecule has 2 bridgehead atoms. The van der Waals surface area contributed by atoms with Gasteiger partial charge in [0.05, 0.1) is 0 Å². The Morgan fingerprint density at radius 3 is 2.61 bits per heavy atom. The largest absolute Gasteiger partial charge is 0.481 e. The van der Waals surface area contributed by atoms with Gasteiger partial charge >= 0.3 is 0 Å². The highest BCUT2D eigenvalue weighted by atomic mass is 19.2. The SMILES string of the molecule is CC(Oc1ccc(F)c(F)c1)C(=O)NC(C)C1CC2CCC1C2. The molecule has 5 heteroatoms. The summed E-state index contributed by atoms with van der Waals surface area (Å²) in [5, 5.41) is 3.02. The summed E-state index contributed by atoms with van der Waals surface area (Å²) >= 11 is 0. The Hall–Kier alpha value is -1.65. The van der Waals surface area contributed by atoms with Gasteiger partial charge < -0.3 is 10.1 Å². The van der Waals surface area contributed by atoms with E-state index >= 15 is 0 Å². The number of benzene rings is 1. The van der Waals surface area contributed by atoms with Gasteiger partial charge in [0, 0.05) is 12.1 Å². The van der Waals surface area contributed by atoms with Crippen molar-refractivity contribution in [1.82, 2.24) is 5.32 Å². The van der Waals surface area contributed by atoms with Gasteiger partial charge in [0.2, 0.25) is 0 Å². The normalized spacial score (nSPS) is 28.4. The fraction of sp³-hybridized carbons (Fsp3) is 0.611. The maximum atomic E-state index is 13.2. The number of ether oxygens (including phenoxy) is 1. The lowest BCUT2D eigenvalue weighted by atomic mass is 9.84. The first kappa shape index (κ1) is 16.2. The van der Waals surface area contributed by atoms with Crippen molar-refractivity contribution in [1.29, 1.82) is 0 Å². The van der Waals surface area contributed by atoms with E-state index in [-0.39, 0.29) is 17.7 Å². The van der Waals surface area contributed by atoms with Gasteiger partial charge in [-0.1, -0.05) is 6.42 Å². The second-order valence-electron chi connectivity index (χ2n) is 6.97. The first-order chi connectivity index (χ1) is 10.9. The van der Waals surface area contributed by atoms with Crippen LogP contribution in [0.2, 0.25) is 0 Å². The topological polar surface area (TPSA) is 38.3 Å². The van der Waals surface area contributed by atoms with Crippen molar-refractivity contribution in [3.8, 4) is 5.75 Å². The lowest BCUT2D eigenvalue weighted by Gasteiger charge is -2.29. The van der Waals surface area contributed by atoms with E-state index in [1.54, 1.807) is 6.92 Å². The van der Waals surface area contributed by atoms with Gasteiger partial charge in [-0.15, -0.1) is 0 Å². The van der Waals surface area contributed by atoms with E-state index < -0.39 is 17.7 Å². The highest BCUT2D eigenvalue weighted by Gasteiger charge is 2.42. The molecule has 2 aliphatic rings. The summed E-state index contributed by atoms with van der Waals surface area (Å²) in [6, 6.07) is 3.39. The zero-order valence-corrected chi connectivity index (χ0v) is 13.5. The smallest absolute Gasteiger partial charge is 0.260 e. The number of amides is 1. The van der Waals surface area contributed by atoms with Crippen LogP contribution in [0.3, 0.4) is 0 Å². The molecular weight excluding hydrogens is 300 g/mol. The third-order valence-corrected chi connectivity index (χ3v) is 5.38. The molecule has 0 spiro atoms. The Kier molecular flexibility index (Phi) is 4.55. The Bertz CT molecular complexity index is 592. The fourth-order valence-electron chi connectivity index (χ4n) is 4.16. The van der Waals surface area contributed by atoms with Crippen LogP contribution in [-0.2, 0) is 4.79 Å². The molecule has 0 aliphatic heterocycles. The summed E-state index contributed by atoms with van der Waals surface area (Å²) in [4.78, 5) is 12.3. The molecule has 1 aromatic rings. The van der Waals surface area contributed by atoms with Crippen LogP contribution in [0.25, 0.3) is 0 Å². The summed E-state index contributed by atoms with van der Waals surface area (Å²) in [6.07, 6.45) is 4.35. The quantitative estimate of drug-likeness (QED) is 0.898. The summed E-state index contributed by atoms with van der Waals surface area (Å²) in [5.74, 6) is 0.139. The third-order valence-electron chi connectivity index (χ3n) is 5.38. The van der Waals surface area contributed by atoms with E-state index in [9.17, 15) is 13.6 Å². The summed E-state index contributed by atoms with van der Waals surface area (Å²) in [5.41, 5.74) is 0. The van der Waals surface area contributed by atoms with E-state index in [0.29, 0.717) is 5.92 Å². The Labute approximate surface area is 135 Å². The molecule has 3 rings (SSSR count). The first-order valence-corrected chi connectivity index (χ1v) is 8.36. The summed E-state index contributed by atoms with van der Waals surface area (Å²) in [6.45, 7) is 3.66. The lowest BCUT2D eigenvalue weighted by Crippen LogP contribution is -2.45. The van der Waals surface area contributed by atoms with Crippen molar-refractivity contribution in [3.05, 3.63) is 29.8 Å². The minimum absolute atomic E-state index is 0.119. The molecule has 2 aliphatic carbocycles. The minimum Gasteiger partial charge on any atom is -0.481 e. The van der Waals surface area contributed by atoms with Crippen molar-refractivity contribution in [3.63, 3.8) is 0 Å². The van der Waals surface area contributed by atoms with E-state index in [1.807, 2.05) is 6.92 Å². The molecule has 5 atom stereocenters. The molecule has 23 heavy (non-hydrogen) atoms. The molecule has 2 fully saturated rings. The van der Waals surface area contributed by atoms with Gasteiger partial charge in [-0.3, -0.25) is 4.79 Å². The third kappa shape index (κ3) is 3.48. The highest BCUT2D eigenvalue weighted by molar-refractivity contribution is 5.81. The number of carbonyl (C=O) groups excluding carboxylic acids is 1. The fourth-order valence-corrected chi connectivity index (χ4v) is 4.16. The van der Waals surface area contributed by atoms with Crippen LogP contribution in [0.15, 0.2) is 18.2 Å². The number of hydrogen-bond donors (Lipinski definition) is 1. The van der Waals surface area contributed by atoms with Crippen LogP contribution >= 0.6 is 0 Å². The summed E-state index contributed by atoms with van der Waals surface area (Å²) < 4.78 is 31.5. The second kappa shape index (κ2) is 6.46. The molecule has 0 radical (unpaired) electrons. The molecule has 0 heterocycles. The van der Waals surface area contributed by atoms with Crippen LogP contribution in [0.1, 0.15) is 39.5 Å². The number of nitrogens with one attached hydrogen (secondary N) is 1. The van der Waals surface area contributed by atoms with Gasteiger partial charge in [0.25, 0.3) is 5.91 Å². The molecule has 1 aromatic carbocycles. The maximum absolute atomic E-state index is 13.2. The molecule has 0 saturated heterocycles. The second-order valence-corrected chi connectivity index (χ2v) is 6.97. The Morgan fingerprint density at radius 1 is 1.22 bits per heavy atom. The van der Waals surface area contributed by atoms with E-state index in [0.717, 1.165) is 24.0 Å². The maximum Gasteiger partial charge on any atom is 0.260 e. The summed E-state index contributed by atoms with van der Waals surface area (Å²) in [7, 11) is 0. The van der Waals surface area contributed by atoms with Crippen molar-refractivity contribution in [2.24, 2.45) is 17.8 Å². The molecule has 0 aromatic heterocycles. The predicted molar refractivity (Wildman–Crippen MR) is 83.0 cm³/mol. The monoisotopic (exact) mass is 323 g/mol. The minimum atomic E-state index is -0.981. The van der Waals surface area contributed by atoms with Crippen molar-refractivity contribution in [2.75, 3.05) is 0 Å². The molecule has 2 saturated carbocycles. The number of fused-ring (bicyclic) bond motifs is 2. The van der Waals surface area contributed by atoms with Gasteiger partial charge in [-0.05, 0) is 63.0 Å². The van der Waals surface area contributed by atoms with Gasteiger partial charge in [-0.25, -0.2) is 8.78 Å². The van der Waals surface area contributed by atoms with E-state index in [4.69, 9.17) is 4.74 Å². The molecule has 1 N–H and O–H groups in total.